The fourth-order valence-corrected chi connectivity index (χ4v) is 6.38. The molecule has 0 saturated carbocycles. The Kier molecular flexibility index (Phi) is 9.52. The summed E-state index contributed by atoms with van der Waals surface area (Å²) in [4.78, 5) is 31.4. The Morgan fingerprint density at radius 1 is 1.18 bits per heavy atom. The molecule has 39 heavy (non-hydrogen) atoms. The molecule has 0 bridgehead atoms. The average Bonchev–Trinajstić information content (AvgIpc) is 3.21. The summed E-state index contributed by atoms with van der Waals surface area (Å²) in [7, 11) is 1.63. The first kappa shape index (κ1) is 28.9. The van der Waals surface area contributed by atoms with E-state index in [0.717, 1.165) is 61.5 Å². The smallest absolute Gasteiger partial charge is 0.270 e. The summed E-state index contributed by atoms with van der Waals surface area (Å²) in [6.07, 6.45) is 6.36. The highest BCUT2D eigenvalue weighted by molar-refractivity contribution is 8.26. The molecule has 0 aliphatic carbocycles. The lowest BCUT2D eigenvalue weighted by Gasteiger charge is -2.35. The van der Waals surface area contributed by atoms with Crippen molar-refractivity contribution in [3.05, 3.63) is 61.8 Å². The van der Waals surface area contributed by atoms with Crippen molar-refractivity contribution in [3.8, 4) is 11.8 Å². The van der Waals surface area contributed by atoms with Crippen LogP contribution in [-0.4, -0.2) is 46.4 Å². The van der Waals surface area contributed by atoms with Crippen LogP contribution < -0.4 is 15.2 Å². The SMILES string of the molecule is CCCCn1c(N2CCC(C)CC2)c(/C=C2/SC(=S)N(CCc3ccc(OC)cc3)C2=O)c(C)c(C#N)c1=O. The van der Waals surface area contributed by atoms with Crippen LogP contribution >= 0.6 is 24.0 Å². The molecule has 3 heterocycles. The van der Waals surface area contributed by atoms with E-state index in [0.29, 0.717) is 40.2 Å². The summed E-state index contributed by atoms with van der Waals surface area (Å²) in [6.45, 7) is 8.84. The zero-order valence-electron chi connectivity index (χ0n) is 23.2. The van der Waals surface area contributed by atoms with Crippen LogP contribution in [0.15, 0.2) is 34.0 Å². The summed E-state index contributed by atoms with van der Waals surface area (Å²) >= 11 is 6.90. The van der Waals surface area contributed by atoms with Crippen LogP contribution in [0.5, 0.6) is 5.75 Å². The fraction of sp³-hybridized carbons (Fsp3) is 0.467. The predicted molar refractivity (Wildman–Crippen MR) is 162 cm³/mol. The second-order valence-electron chi connectivity index (χ2n) is 10.3. The van der Waals surface area contributed by atoms with Crippen LogP contribution in [0, 0.1) is 24.2 Å². The second kappa shape index (κ2) is 12.8. The van der Waals surface area contributed by atoms with Gasteiger partial charge in [0, 0.05) is 31.7 Å². The van der Waals surface area contributed by atoms with Gasteiger partial charge in [0.15, 0.2) is 0 Å². The molecule has 1 aromatic heterocycles. The first-order chi connectivity index (χ1) is 18.8. The molecular formula is C30H36N4O3S2. The first-order valence-corrected chi connectivity index (χ1v) is 14.8. The van der Waals surface area contributed by atoms with Gasteiger partial charge in [-0.05, 0) is 67.9 Å². The lowest BCUT2D eigenvalue weighted by Crippen LogP contribution is -2.39. The number of thiocarbonyl (C=S) groups is 1. The first-order valence-electron chi connectivity index (χ1n) is 13.6. The van der Waals surface area contributed by atoms with Crippen molar-refractivity contribution in [1.29, 1.82) is 5.26 Å². The number of benzene rings is 1. The highest BCUT2D eigenvalue weighted by Gasteiger charge is 2.33. The number of carbonyl (C=O) groups is 1. The summed E-state index contributed by atoms with van der Waals surface area (Å²) in [5.74, 6) is 2.10. The van der Waals surface area contributed by atoms with Crippen molar-refractivity contribution in [2.24, 2.45) is 5.92 Å². The van der Waals surface area contributed by atoms with Crippen LogP contribution in [0.3, 0.4) is 0 Å². The van der Waals surface area contributed by atoms with Gasteiger partial charge in [-0.15, -0.1) is 0 Å². The van der Waals surface area contributed by atoms with Gasteiger partial charge in [-0.3, -0.25) is 19.1 Å². The van der Waals surface area contributed by atoms with E-state index >= 15 is 0 Å². The molecule has 2 saturated heterocycles. The van der Waals surface area contributed by atoms with Crippen LogP contribution in [0.2, 0.25) is 0 Å². The van der Waals surface area contributed by atoms with E-state index in [-0.39, 0.29) is 17.0 Å². The number of ether oxygens (including phenoxy) is 1. The highest BCUT2D eigenvalue weighted by atomic mass is 32.2. The number of methoxy groups -OCH3 is 1. The quantitative estimate of drug-likeness (QED) is 0.293. The van der Waals surface area contributed by atoms with Crippen molar-refractivity contribution >= 4 is 46.1 Å². The monoisotopic (exact) mass is 564 g/mol. The van der Waals surface area contributed by atoms with Gasteiger partial charge in [-0.25, -0.2) is 0 Å². The molecule has 0 unspecified atom stereocenters. The van der Waals surface area contributed by atoms with Gasteiger partial charge in [-0.1, -0.05) is 56.4 Å². The molecule has 2 aliphatic heterocycles. The van der Waals surface area contributed by atoms with Gasteiger partial charge in [0.25, 0.3) is 11.5 Å². The predicted octanol–water partition coefficient (Wildman–Crippen LogP) is 5.52. The third kappa shape index (κ3) is 6.23. The minimum atomic E-state index is -0.249. The molecule has 206 valence electrons. The van der Waals surface area contributed by atoms with E-state index in [9.17, 15) is 14.9 Å². The normalized spacial score (nSPS) is 17.3. The molecule has 1 aromatic carbocycles. The summed E-state index contributed by atoms with van der Waals surface area (Å²) in [5.41, 5.74) is 2.37. The van der Waals surface area contributed by atoms with Gasteiger partial charge in [0.2, 0.25) is 0 Å². The number of nitrogens with zero attached hydrogens (tertiary/aromatic N) is 4. The maximum atomic E-state index is 13.5. The third-order valence-corrected chi connectivity index (χ3v) is 8.97. The van der Waals surface area contributed by atoms with E-state index in [1.165, 1.54) is 11.8 Å². The Hall–Kier alpha value is -3.09. The maximum absolute atomic E-state index is 13.5. The highest BCUT2D eigenvalue weighted by Crippen LogP contribution is 2.37. The molecule has 2 aliphatic rings. The van der Waals surface area contributed by atoms with Gasteiger partial charge in [0.1, 0.15) is 27.5 Å². The Balaban J connectivity index is 1.71. The number of hydrogen-bond donors (Lipinski definition) is 0. The topological polar surface area (TPSA) is 78.6 Å². The van der Waals surface area contributed by atoms with Gasteiger partial charge >= 0.3 is 0 Å². The Morgan fingerprint density at radius 2 is 1.87 bits per heavy atom. The fourth-order valence-electron chi connectivity index (χ4n) is 5.09. The number of unbranched alkanes of at least 4 members (excludes halogenated alkanes) is 1. The minimum absolute atomic E-state index is 0.138. The number of pyridine rings is 1. The molecule has 0 radical (unpaired) electrons. The van der Waals surface area contributed by atoms with Gasteiger partial charge in [-0.2, -0.15) is 5.26 Å². The van der Waals surface area contributed by atoms with E-state index in [2.05, 4.69) is 24.8 Å². The number of nitriles is 1. The number of piperidine rings is 1. The molecule has 0 N–H and O–H groups in total. The van der Waals surface area contributed by atoms with Gasteiger partial charge < -0.3 is 9.64 Å². The number of rotatable bonds is 9. The van der Waals surface area contributed by atoms with Gasteiger partial charge in [0.05, 0.1) is 12.0 Å². The van der Waals surface area contributed by atoms with E-state index in [1.54, 1.807) is 16.6 Å². The maximum Gasteiger partial charge on any atom is 0.270 e. The lowest BCUT2D eigenvalue weighted by molar-refractivity contribution is -0.122. The van der Waals surface area contributed by atoms with Crippen molar-refractivity contribution in [2.45, 2.75) is 59.4 Å². The second-order valence-corrected chi connectivity index (χ2v) is 11.9. The number of aromatic nitrogens is 1. The van der Waals surface area contributed by atoms with Crippen LogP contribution in [0.4, 0.5) is 5.82 Å². The number of hydrogen-bond acceptors (Lipinski definition) is 7. The zero-order valence-corrected chi connectivity index (χ0v) is 24.8. The van der Waals surface area contributed by atoms with E-state index in [4.69, 9.17) is 17.0 Å². The van der Waals surface area contributed by atoms with E-state index in [1.807, 2.05) is 37.3 Å². The molecular weight excluding hydrogens is 528 g/mol. The molecule has 9 heteroatoms. The van der Waals surface area contributed by atoms with E-state index < -0.39 is 0 Å². The number of carbonyl (C=O) groups excluding carboxylic acids is 1. The number of anilines is 1. The van der Waals surface area contributed by atoms with Crippen molar-refractivity contribution < 1.29 is 9.53 Å². The molecule has 0 spiro atoms. The molecule has 4 rings (SSSR count). The summed E-state index contributed by atoms with van der Waals surface area (Å²) < 4.78 is 7.52. The van der Waals surface area contributed by atoms with Crippen LogP contribution in [0.25, 0.3) is 6.08 Å². The van der Waals surface area contributed by atoms with Crippen molar-refractivity contribution in [1.82, 2.24) is 9.47 Å². The van der Waals surface area contributed by atoms with Crippen molar-refractivity contribution in [2.75, 3.05) is 31.6 Å². The van der Waals surface area contributed by atoms with Crippen molar-refractivity contribution in [3.63, 3.8) is 0 Å². The lowest BCUT2D eigenvalue weighted by atomic mass is 9.97. The minimum Gasteiger partial charge on any atom is -0.497 e. The molecule has 0 atom stereocenters. The van der Waals surface area contributed by atoms with Crippen LogP contribution in [-0.2, 0) is 17.8 Å². The summed E-state index contributed by atoms with van der Waals surface area (Å²) in [5, 5.41) is 9.91. The number of thioether (sulfide) groups is 1. The Morgan fingerprint density at radius 3 is 2.49 bits per heavy atom. The molecule has 2 aromatic rings. The third-order valence-electron chi connectivity index (χ3n) is 7.60. The average molecular weight is 565 g/mol. The largest absolute Gasteiger partial charge is 0.497 e. The number of amides is 1. The van der Waals surface area contributed by atoms with Crippen LogP contribution in [0.1, 0.15) is 61.8 Å². The zero-order chi connectivity index (χ0) is 28.1. The summed E-state index contributed by atoms with van der Waals surface area (Å²) in [6, 6.07) is 9.94. The standard InChI is InChI=1S/C30H36N4O3S2/c1-5-6-14-33-27(32-15-11-20(2)12-16-32)24(21(3)25(19-31)28(33)35)18-26-29(36)34(30(38)39-26)17-13-22-7-9-23(37-4)10-8-22/h7-10,18,20H,5-6,11-17H2,1-4H3/b26-18+. The molecule has 1 amide bonds. The Bertz CT molecular complexity index is 1370. The molecule has 2 fully saturated rings. The Labute approximate surface area is 240 Å². The molecule has 7 nitrogen and oxygen atoms in total.